The molecule has 2 aromatic rings. The van der Waals surface area contributed by atoms with Crippen molar-refractivity contribution < 1.29 is 4.74 Å². The summed E-state index contributed by atoms with van der Waals surface area (Å²) in [7, 11) is 2.01. The molecule has 0 aliphatic heterocycles. The molecule has 0 fully saturated rings. The van der Waals surface area contributed by atoms with Gasteiger partial charge < -0.3 is 14.6 Å². The van der Waals surface area contributed by atoms with E-state index in [1.807, 2.05) is 36.1 Å². The number of nitrogens with one attached hydrogen (secondary N) is 1. The van der Waals surface area contributed by atoms with E-state index in [1.54, 1.807) is 0 Å². The first kappa shape index (κ1) is 14.6. The van der Waals surface area contributed by atoms with Gasteiger partial charge in [0.05, 0.1) is 6.04 Å². The maximum absolute atomic E-state index is 5.78. The lowest BCUT2D eigenvalue weighted by Gasteiger charge is -2.20. The van der Waals surface area contributed by atoms with Crippen molar-refractivity contribution in [1.82, 2.24) is 14.9 Å². The van der Waals surface area contributed by atoms with E-state index in [1.165, 1.54) is 5.56 Å². The predicted octanol–water partition coefficient (Wildman–Crippen LogP) is 2.85. The molecule has 0 radical (unpaired) electrons. The van der Waals surface area contributed by atoms with Crippen LogP contribution in [0, 0.1) is 6.92 Å². The summed E-state index contributed by atoms with van der Waals surface area (Å²) in [6.07, 6.45) is 3.78. The van der Waals surface area contributed by atoms with Gasteiger partial charge in [0.1, 0.15) is 18.2 Å². The van der Waals surface area contributed by atoms with E-state index in [2.05, 4.69) is 43.2 Å². The Bertz CT molecular complexity index is 533. The van der Waals surface area contributed by atoms with Crippen molar-refractivity contribution >= 4 is 0 Å². The van der Waals surface area contributed by atoms with Crippen molar-refractivity contribution in [3.05, 3.63) is 48.0 Å². The third-order valence-corrected chi connectivity index (χ3v) is 3.30. The molecule has 0 saturated heterocycles. The van der Waals surface area contributed by atoms with Crippen LogP contribution in [0.3, 0.4) is 0 Å². The van der Waals surface area contributed by atoms with Gasteiger partial charge in [0.2, 0.25) is 0 Å². The van der Waals surface area contributed by atoms with E-state index in [9.17, 15) is 0 Å². The molecule has 1 aromatic heterocycles. The monoisotopic (exact) mass is 273 g/mol. The number of hydrogen-bond acceptors (Lipinski definition) is 3. The van der Waals surface area contributed by atoms with Gasteiger partial charge in [-0.15, -0.1) is 0 Å². The third kappa shape index (κ3) is 3.84. The molecular weight excluding hydrogens is 250 g/mol. The van der Waals surface area contributed by atoms with Crippen LogP contribution in [0.25, 0.3) is 0 Å². The van der Waals surface area contributed by atoms with Crippen molar-refractivity contribution in [2.45, 2.75) is 32.9 Å². The summed E-state index contributed by atoms with van der Waals surface area (Å²) >= 11 is 0. The van der Waals surface area contributed by atoms with Crippen molar-refractivity contribution in [2.75, 3.05) is 6.61 Å². The fraction of sp³-hybridized carbons (Fsp3) is 0.438. The molecule has 0 bridgehead atoms. The highest BCUT2D eigenvalue weighted by molar-refractivity contribution is 5.26. The molecule has 1 N–H and O–H groups in total. The van der Waals surface area contributed by atoms with Gasteiger partial charge >= 0.3 is 0 Å². The molecular formula is C16H23N3O. The minimum atomic E-state index is 0.201. The number of rotatable bonds is 6. The standard InChI is InChI=1S/C16H23N3O/c1-12-5-7-15(8-6-12)20-11-13(2)18-14(3)16-17-9-10-19(16)4/h5-10,13-14,18H,11H2,1-4H3. The van der Waals surface area contributed by atoms with Crippen molar-refractivity contribution in [3.8, 4) is 5.75 Å². The number of aromatic nitrogens is 2. The fourth-order valence-corrected chi connectivity index (χ4v) is 2.20. The van der Waals surface area contributed by atoms with E-state index in [0.717, 1.165) is 11.6 Å². The number of nitrogens with zero attached hydrogens (tertiary/aromatic N) is 2. The van der Waals surface area contributed by atoms with Crippen molar-refractivity contribution in [2.24, 2.45) is 7.05 Å². The van der Waals surface area contributed by atoms with Crippen LogP contribution in [0.4, 0.5) is 0 Å². The first-order valence-corrected chi connectivity index (χ1v) is 6.99. The van der Waals surface area contributed by atoms with E-state index in [-0.39, 0.29) is 12.1 Å². The van der Waals surface area contributed by atoms with Crippen LogP contribution in [0.15, 0.2) is 36.7 Å². The number of aryl methyl sites for hydroxylation is 2. The topological polar surface area (TPSA) is 39.1 Å². The molecule has 2 atom stereocenters. The Hall–Kier alpha value is -1.81. The Labute approximate surface area is 120 Å². The molecule has 1 heterocycles. The fourth-order valence-electron chi connectivity index (χ4n) is 2.20. The molecule has 1 aromatic carbocycles. The zero-order valence-electron chi connectivity index (χ0n) is 12.6. The Morgan fingerprint density at radius 2 is 1.95 bits per heavy atom. The van der Waals surface area contributed by atoms with Crippen molar-refractivity contribution in [1.29, 1.82) is 0 Å². The lowest BCUT2D eigenvalue weighted by molar-refractivity contribution is 0.261. The highest BCUT2D eigenvalue weighted by Gasteiger charge is 2.13. The van der Waals surface area contributed by atoms with E-state index < -0.39 is 0 Å². The number of ether oxygens (including phenoxy) is 1. The van der Waals surface area contributed by atoms with Crippen LogP contribution in [-0.4, -0.2) is 22.2 Å². The highest BCUT2D eigenvalue weighted by atomic mass is 16.5. The first-order chi connectivity index (χ1) is 9.56. The van der Waals surface area contributed by atoms with Gasteiger partial charge in [0.25, 0.3) is 0 Å². The molecule has 0 aliphatic rings. The summed E-state index contributed by atoms with van der Waals surface area (Å²) in [6.45, 7) is 6.94. The Kier molecular flexibility index (Phi) is 4.79. The molecule has 0 spiro atoms. The molecule has 4 heteroatoms. The largest absolute Gasteiger partial charge is 0.492 e. The molecule has 2 unspecified atom stereocenters. The highest BCUT2D eigenvalue weighted by Crippen LogP contribution is 2.13. The summed E-state index contributed by atoms with van der Waals surface area (Å²) in [4.78, 5) is 4.36. The second-order valence-electron chi connectivity index (χ2n) is 5.31. The second-order valence-corrected chi connectivity index (χ2v) is 5.31. The van der Waals surface area contributed by atoms with Crippen LogP contribution in [0.2, 0.25) is 0 Å². The number of hydrogen-bond donors (Lipinski definition) is 1. The maximum Gasteiger partial charge on any atom is 0.125 e. The molecule has 0 amide bonds. The lowest BCUT2D eigenvalue weighted by Crippen LogP contribution is -2.34. The molecule has 20 heavy (non-hydrogen) atoms. The third-order valence-electron chi connectivity index (χ3n) is 3.30. The van der Waals surface area contributed by atoms with Gasteiger partial charge in [-0.2, -0.15) is 0 Å². The Morgan fingerprint density at radius 1 is 1.25 bits per heavy atom. The normalized spacial score (nSPS) is 14.0. The molecule has 4 nitrogen and oxygen atoms in total. The smallest absolute Gasteiger partial charge is 0.125 e. The van der Waals surface area contributed by atoms with Gasteiger partial charge in [0.15, 0.2) is 0 Å². The zero-order valence-corrected chi connectivity index (χ0v) is 12.6. The first-order valence-electron chi connectivity index (χ1n) is 6.99. The molecule has 0 aliphatic carbocycles. The quantitative estimate of drug-likeness (QED) is 0.879. The summed E-state index contributed by atoms with van der Waals surface area (Å²) in [6, 6.07) is 8.58. The maximum atomic E-state index is 5.78. The minimum absolute atomic E-state index is 0.201. The van der Waals surface area contributed by atoms with Gasteiger partial charge in [-0.25, -0.2) is 4.98 Å². The predicted molar refractivity (Wildman–Crippen MR) is 80.9 cm³/mol. The van der Waals surface area contributed by atoms with Crippen LogP contribution in [0.1, 0.15) is 31.3 Å². The van der Waals surface area contributed by atoms with Crippen LogP contribution < -0.4 is 10.1 Å². The average molecular weight is 273 g/mol. The van der Waals surface area contributed by atoms with Gasteiger partial charge in [-0.05, 0) is 32.9 Å². The van der Waals surface area contributed by atoms with Crippen LogP contribution in [-0.2, 0) is 7.05 Å². The van der Waals surface area contributed by atoms with E-state index >= 15 is 0 Å². The summed E-state index contributed by atoms with van der Waals surface area (Å²) < 4.78 is 7.81. The van der Waals surface area contributed by atoms with Crippen molar-refractivity contribution in [3.63, 3.8) is 0 Å². The lowest BCUT2D eigenvalue weighted by atomic mass is 10.2. The Balaban J connectivity index is 1.82. The SMILES string of the molecule is Cc1ccc(OCC(C)NC(C)c2nccn2C)cc1. The van der Waals surface area contributed by atoms with Gasteiger partial charge in [-0.1, -0.05) is 17.7 Å². The molecule has 2 rings (SSSR count). The second kappa shape index (κ2) is 6.57. The van der Waals surface area contributed by atoms with E-state index in [0.29, 0.717) is 6.61 Å². The van der Waals surface area contributed by atoms with E-state index in [4.69, 9.17) is 4.74 Å². The average Bonchev–Trinajstić information content (AvgIpc) is 2.84. The zero-order chi connectivity index (χ0) is 14.5. The number of imidazole rings is 1. The summed E-state index contributed by atoms with van der Waals surface area (Å²) in [5, 5.41) is 3.50. The van der Waals surface area contributed by atoms with Gasteiger partial charge in [0, 0.05) is 25.5 Å². The van der Waals surface area contributed by atoms with Gasteiger partial charge in [-0.3, -0.25) is 0 Å². The van der Waals surface area contributed by atoms with Crippen LogP contribution >= 0.6 is 0 Å². The number of benzene rings is 1. The molecule has 0 saturated carbocycles. The Morgan fingerprint density at radius 3 is 2.55 bits per heavy atom. The summed E-state index contributed by atoms with van der Waals surface area (Å²) in [5.74, 6) is 1.95. The summed E-state index contributed by atoms with van der Waals surface area (Å²) in [5.41, 5.74) is 1.24. The van der Waals surface area contributed by atoms with Crippen LogP contribution in [0.5, 0.6) is 5.75 Å². The molecule has 108 valence electrons. The minimum Gasteiger partial charge on any atom is -0.492 e.